The van der Waals surface area contributed by atoms with E-state index in [1.54, 1.807) is 24.7 Å². The van der Waals surface area contributed by atoms with E-state index < -0.39 is 12.0 Å². The summed E-state index contributed by atoms with van der Waals surface area (Å²) in [5, 5.41) is 10.6. The SMILES string of the molecule is NC(Cc1c2ccoc2c(Br)c2ccoc12)C(=O)O. The number of carboxylic acid groups (broad SMARTS) is 1. The minimum atomic E-state index is -1.04. The van der Waals surface area contributed by atoms with Crippen LogP contribution in [0.2, 0.25) is 0 Å². The summed E-state index contributed by atoms with van der Waals surface area (Å²) in [7, 11) is 0. The second kappa shape index (κ2) is 4.40. The van der Waals surface area contributed by atoms with Gasteiger partial charge in [-0.05, 0) is 28.1 Å². The lowest BCUT2D eigenvalue weighted by Crippen LogP contribution is -2.32. The molecule has 19 heavy (non-hydrogen) atoms. The van der Waals surface area contributed by atoms with Crippen LogP contribution in [0, 0.1) is 0 Å². The smallest absolute Gasteiger partial charge is 0.320 e. The number of hydrogen-bond acceptors (Lipinski definition) is 4. The number of carbonyl (C=O) groups is 1. The average Bonchev–Trinajstić information content (AvgIpc) is 3.02. The van der Waals surface area contributed by atoms with Gasteiger partial charge < -0.3 is 19.7 Å². The first-order valence-electron chi connectivity index (χ1n) is 5.62. The van der Waals surface area contributed by atoms with E-state index in [0.29, 0.717) is 11.2 Å². The van der Waals surface area contributed by atoms with E-state index in [2.05, 4.69) is 15.9 Å². The fourth-order valence-electron chi connectivity index (χ4n) is 2.19. The predicted molar refractivity (Wildman–Crippen MR) is 73.0 cm³/mol. The highest BCUT2D eigenvalue weighted by molar-refractivity contribution is 9.10. The van der Waals surface area contributed by atoms with Crippen LogP contribution in [0.15, 0.2) is 38.0 Å². The van der Waals surface area contributed by atoms with E-state index in [4.69, 9.17) is 19.7 Å². The van der Waals surface area contributed by atoms with Crippen LogP contribution in [-0.2, 0) is 11.2 Å². The number of carboxylic acids is 1. The first-order valence-corrected chi connectivity index (χ1v) is 6.42. The molecule has 5 nitrogen and oxygen atoms in total. The lowest BCUT2D eigenvalue weighted by atomic mass is 10.0. The highest BCUT2D eigenvalue weighted by atomic mass is 79.9. The van der Waals surface area contributed by atoms with Gasteiger partial charge in [0.1, 0.15) is 17.2 Å². The fraction of sp³-hybridized carbons (Fsp3) is 0.154. The Morgan fingerprint density at radius 2 is 1.89 bits per heavy atom. The number of nitrogens with two attached hydrogens (primary N) is 1. The van der Waals surface area contributed by atoms with Crippen molar-refractivity contribution in [3.8, 4) is 0 Å². The van der Waals surface area contributed by atoms with Crippen LogP contribution in [0.5, 0.6) is 0 Å². The van der Waals surface area contributed by atoms with Crippen molar-refractivity contribution in [3.05, 3.63) is 34.7 Å². The van der Waals surface area contributed by atoms with E-state index in [1.807, 2.05) is 0 Å². The predicted octanol–water partition coefficient (Wildman–Crippen LogP) is 2.90. The van der Waals surface area contributed by atoms with Crippen molar-refractivity contribution in [1.82, 2.24) is 0 Å². The third kappa shape index (κ3) is 1.84. The maximum absolute atomic E-state index is 10.9. The van der Waals surface area contributed by atoms with Crippen LogP contribution in [0.4, 0.5) is 0 Å². The molecule has 3 N–H and O–H groups in total. The van der Waals surface area contributed by atoms with Crippen LogP contribution < -0.4 is 5.73 Å². The summed E-state index contributed by atoms with van der Waals surface area (Å²) in [6.07, 6.45) is 3.30. The Morgan fingerprint density at radius 3 is 2.58 bits per heavy atom. The molecule has 1 aromatic carbocycles. The molecule has 0 fully saturated rings. The number of furan rings is 2. The zero-order valence-corrected chi connectivity index (χ0v) is 11.3. The molecule has 2 heterocycles. The second-order valence-corrected chi connectivity index (χ2v) is 5.06. The number of hydrogen-bond donors (Lipinski definition) is 2. The molecule has 0 aliphatic heterocycles. The minimum Gasteiger partial charge on any atom is -0.480 e. The zero-order valence-electron chi connectivity index (χ0n) is 9.72. The van der Waals surface area contributed by atoms with E-state index in [0.717, 1.165) is 20.8 Å². The maximum Gasteiger partial charge on any atom is 0.320 e. The maximum atomic E-state index is 10.9. The van der Waals surface area contributed by atoms with Crippen molar-refractivity contribution in [2.75, 3.05) is 0 Å². The largest absolute Gasteiger partial charge is 0.480 e. The fourth-order valence-corrected chi connectivity index (χ4v) is 2.81. The number of rotatable bonds is 3. The van der Waals surface area contributed by atoms with Crippen molar-refractivity contribution < 1.29 is 18.7 Å². The lowest BCUT2D eigenvalue weighted by Gasteiger charge is -2.09. The Hall–Kier alpha value is -1.79. The molecule has 0 saturated carbocycles. The van der Waals surface area contributed by atoms with E-state index in [9.17, 15) is 4.79 Å². The van der Waals surface area contributed by atoms with Crippen molar-refractivity contribution in [2.45, 2.75) is 12.5 Å². The summed E-state index contributed by atoms with van der Waals surface area (Å²) < 4.78 is 11.7. The molecule has 0 spiro atoms. The van der Waals surface area contributed by atoms with E-state index >= 15 is 0 Å². The molecule has 0 aliphatic carbocycles. The number of halogens is 1. The summed E-state index contributed by atoms with van der Waals surface area (Å²) in [4.78, 5) is 10.9. The van der Waals surface area contributed by atoms with Gasteiger partial charge in [0.25, 0.3) is 0 Å². The van der Waals surface area contributed by atoms with Crippen LogP contribution in [0.3, 0.4) is 0 Å². The van der Waals surface area contributed by atoms with Gasteiger partial charge in [-0.15, -0.1) is 0 Å². The summed E-state index contributed by atoms with van der Waals surface area (Å²) >= 11 is 3.47. The molecule has 0 saturated heterocycles. The molecule has 2 aromatic heterocycles. The molecule has 3 aromatic rings. The van der Waals surface area contributed by atoms with E-state index in [1.165, 1.54) is 0 Å². The first kappa shape index (κ1) is 12.3. The summed E-state index contributed by atoms with van der Waals surface area (Å²) in [5.74, 6) is -1.04. The van der Waals surface area contributed by atoms with Crippen LogP contribution in [0.25, 0.3) is 21.9 Å². The van der Waals surface area contributed by atoms with Gasteiger partial charge >= 0.3 is 5.97 Å². The van der Waals surface area contributed by atoms with Crippen molar-refractivity contribution in [3.63, 3.8) is 0 Å². The summed E-state index contributed by atoms with van der Waals surface area (Å²) in [6, 6.07) is 2.61. The third-order valence-electron chi connectivity index (χ3n) is 3.11. The monoisotopic (exact) mass is 323 g/mol. The quantitative estimate of drug-likeness (QED) is 0.773. The standard InChI is InChI=1S/C13H10BrNO4/c14-10-7-2-4-18-11(7)8(5-9(15)13(16)17)6-1-3-19-12(6)10/h1-4,9H,5,15H2,(H,16,17). The normalized spacial score (nSPS) is 13.2. The molecule has 0 radical (unpaired) electrons. The Labute approximate surface area is 116 Å². The third-order valence-corrected chi connectivity index (χ3v) is 3.89. The molecule has 3 rings (SSSR count). The minimum absolute atomic E-state index is 0.183. The molecule has 98 valence electrons. The second-order valence-electron chi connectivity index (χ2n) is 4.27. The highest BCUT2D eigenvalue weighted by Crippen LogP contribution is 2.38. The molecule has 0 aliphatic rings. The van der Waals surface area contributed by atoms with Crippen molar-refractivity contribution in [1.29, 1.82) is 0 Å². The Kier molecular flexibility index (Phi) is 2.83. The van der Waals surface area contributed by atoms with Crippen molar-refractivity contribution >= 4 is 43.8 Å². The van der Waals surface area contributed by atoms with Gasteiger partial charge in [-0.3, -0.25) is 4.79 Å². The van der Waals surface area contributed by atoms with Crippen LogP contribution in [-0.4, -0.2) is 17.1 Å². The molecule has 1 atom stereocenters. The number of benzene rings is 1. The number of aliphatic carboxylic acids is 1. The van der Waals surface area contributed by atoms with Gasteiger partial charge in [0.15, 0.2) is 0 Å². The Bertz CT molecular complexity index is 722. The van der Waals surface area contributed by atoms with Gasteiger partial charge in [0, 0.05) is 22.8 Å². The van der Waals surface area contributed by atoms with Gasteiger partial charge in [0.2, 0.25) is 0 Å². The van der Waals surface area contributed by atoms with Gasteiger partial charge in [-0.2, -0.15) is 0 Å². The zero-order chi connectivity index (χ0) is 13.6. The van der Waals surface area contributed by atoms with E-state index in [-0.39, 0.29) is 6.42 Å². The Morgan fingerprint density at radius 1 is 1.26 bits per heavy atom. The molecule has 0 amide bonds. The van der Waals surface area contributed by atoms with Crippen LogP contribution in [0.1, 0.15) is 5.56 Å². The Balaban J connectivity index is 2.29. The van der Waals surface area contributed by atoms with Gasteiger partial charge in [0.05, 0.1) is 17.0 Å². The van der Waals surface area contributed by atoms with Gasteiger partial charge in [-0.25, -0.2) is 0 Å². The first-order chi connectivity index (χ1) is 9.09. The summed E-state index contributed by atoms with van der Waals surface area (Å²) in [5.41, 5.74) is 7.68. The molecular weight excluding hydrogens is 314 g/mol. The number of fused-ring (bicyclic) bond motifs is 2. The summed E-state index contributed by atoms with van der Waals surface area (Å²) in [6.45, 7) is 0. The topological polar surface area (TPSA) is 89.6 Å². The molecule has 0 bridgehead atoms. The molecule has 6 heteroatoms. The molecular formula is C13H10BrNO4. The van der Waals surface area contributed by atoms with Gasteiger partial charge in [-0.1, -0.05) is 0 Å². The molecule has 1 unspecified atom stereocenters. The van der Waals surface area contributed by atoms with Crippen LogP contribution >= 0.6 is 15.9 Å². The average molecular weight is 324 g/mol. The van der Waals surface area contributed by atoms with Crippen molar-refractivity contribution in [2.24, 2.45) is 5.73 Å². The lowest BCUT2D eigenvalue weighted by molar-refractivity contribution is -0.138. The highest BCUT2D eigenvalue weighted by Gasteiger charge is 2.21.